The van der Waals surface area contributed by atoms with Gasteiger partial charge in [0.2, 0.25) is 0 Å². The monoisotopic (exact) mass is 374 g/mol. The summed E-state index contributed by atoms with van der Waals surface area (Å²) >= 11 is 6.00. The number of nitrogens with one attached hydrogen (secondary N) is 1. The number of nitrogens with zero attached hydrogens (tertiary/aromatic N) is 1. The second-order valence-electron chi connectivity index (χ2n) is 5.78. The largest absolute Gasteiger partial charge is 0.316 e. The van der Waals surface area contributed by atoms with Crippen molar-refractivity contribution in [3.05, 3.63) is 76.9 Å². The first-order chi connectivity index (χ1) is 11.9. The molecule has 0 saturated heterocycles. The van der Waals surface area contributed by atoms with E-state index in [1.165, 1.54) is 10.0 Å². The second-order valence-corrected chi connectivity index (χ2v) is 8.03. The predicted molar refractivity (Wildman–Crippen MR) is 101 cm³/mol. The maximum absolute atomic E-state index is 13.2. The molecular formula is C19H19ClN2O2S. The molecule has 0 radical (unpaired) electrons. The van der Waals surface area contributed by atoms with Crippen molar-refractivity contribution < 1.29 is 8.42 Å². The van der Waals surface area contributed by atoms with Crippen LogP contribution in [0.5, 0.6) is 0 Å². The van der Waals surface area contributed by atoms with E-state index in [1.807, 2.05) is 44.3 Å². The van der Waals surface area contributed by atoms with Gasteiger partial charge in [0.15, 0.2) is 0 Å². The zero-order valence-corrected chi connectivity index (χ0v) is 15.6. The van der Waals surface area contributed by atoms with E-state index in [4.69, 9.17) is 11.6 Å². The lowest BCUT2D eigenvalue weighted by Gasteiger charge is -2.12. The highest BCUT2D eigenvalue weighted by atomic mass is 35.5. The summed E-state index contributed by atoms with van der Waals surface area (Å²) in [7, 11) is -1.92. The number of hydrogen-bond acceptors (Lipinski definition) is 3. The van der Waals surface area contributed by atoms with Crippen LogP contribution in [-0.4, -0.2) is 19.4 Å². The van der Waals surface area contributed by atoms with Crippen molar-refractivity contribution in [2.24, 2.45) is 0 Å². The molecule has 1 N–H and O–H groups in total. The molecule has 3 rings (SSSR count). The van der Waals surface area contributed by atoms with Crippen molar-refractivity contribution in [1.29, 1.82) is 0 Å². The van der Waals surface area contributed by atoms with Crippen LogP contribution in [0.4, 0.5) is 0 Å². The normalized spacial score (nSPS) is 11.6. The molecule has 1 aromatic heterocycles. The van der Waals surface area contributed by atoms with Gasteiger partial charge in [0, 0.05) is 17.8 Å². The molecule has 0 aliphatic carbocycles. The van der Waals surface area contributed by atoms with E-state index >= 15 is 0 Å². The molecule has 2 aromatic carbocycles. The van der Waals surface area contributed by atoms with Crippen molar-refractivity contribution in [3.63, 3.8) is 0 Å². The minimum absolute atomic E-state index is 0.170. The first-order valence-corrected chi connectivity index (χ1v) is 9.69. The Morgan fingerprint density at radius 3 is 2.44 bits per heavy atom. The molecule has 130 valence electrons. The standard InChI is InChI=1S/C19H19ClN2O2S/c1-14-16(12-21-2)13-22(19(14)15-7-4-3-5-8-15)25(23,24)18-10-6-9-17(20)11-18/h3-11,13,21H,12H2,1-2H3. The lowest BCUT2D eigenvalue weighted by molar-refractivity contribution is 0.588. The van der Waals surface area contributed by atoms with Crippen molar-refractivity contribution in [2.45, 2.75) is 18.4 Å². The fourth-order valence-corrected chi connectivity index (χ4v) is 4.62. The molecule has 0 aliphatic rings. The molecule has 3 aromatic rings. The highest BCUT2D eigenvalue weighted by molar-refractivity contribution is 7.90. The van der Waals surface area contributed by atoms with E-state index in [2.05, 4.69) is 5.32 Å². The second kappa shape index (κ2) is 7.04. The van der Waals surface area contributed by atoms with Crippen LogP contribution in [0.1, 0.15) is 11.1 Å². The highest BCUT2D eigenvalue weighted by Gasteiger charge is 2.24. The maximum Gasteiger partial charge on any atom is 0.268 e. The first-order valence-electron chi connectivity index (χ1n) is 7.87. The lowest BCUT2D eigenvalue weighted by atomic mass is 10.1. The lowest BCUT2D eigenvalue weighted by Crippen LogP contribution is -2.13. The van der Waals surface area contributed by atoms with E-state index in [1.54, 1.807) is 24.4 Å². The molecule has 0 spiro atoms. The van der Waals surface area contributed by atoms with E-state index in [-0.39, 0.29) is 4.90 Å². The van der Waals surface area contributed by atoms with Gasteiger partial charge in [-0.3, -0.25) is 0 Å². The van der Waals surface area contributed by atoms with E-state index in [0.29, 0.717) is 17.3 Å². The smallest absolute Gasteiger partial charge is 0.268 e. The molecule has 6 heteroatoms. The van der Waals surface area contributed by atoms with Crippen LogP contribution >= 0.6 is 11.6 Å². The van der Waals surface area contributed by atoms with Crippen LogP contribution in [0.25, 0.3) is 11.3 Å². The third-order valence-corrected chi connectivity index (χ3v) is 5.99. The minimum Gasteiger partial charge on any atom is -0.316 e. The Labute approximate surface area is 153 Å². The van der Waals surface area contributed by atoms with Gasteiger partial charge in [0.25, 0.3) is 10.0 Å². The van der Waals surface area contributed by atoms with Crippen LogP contribution < -0.4 is 5.32 Å². The van der Waals surface area contributed by atoms with Gasteiger partial charge < -0.3 is 5.32 Å². The molecule has 0 amide bonds. The van der Waals surface area contributed by atoms with Gasteiger partial charge >= 0.3 is 0 Å². The number of benzene rings is 2. The first kappa shape index (κ1) is 17.7. The van der Waals surface area contributed by atoms with Crippen molar-refractivity contribution in [3.8, 4) is 11.3 Å². The molecule has 0 saturated carbocycles. The zero-order valence-electron chi connectivity index (χ0n) is 14.0. The molecular weight excluding hydrogens is 356 g/mol. The van der Waals surface area contributed by atoms with Gasteiger partial charge in [-0.05, 0) is 48.9 Å². The number of halogens is 1. The Hall–Kier alpha value is -2.08. The molecule has 0 unspecified atom stereocenters. The van der Waals surface area contributed by atoms with Gasteiger partial charge in [-0.25, -0.2) is 12.4 Å². The summed E-state index contributed by atoms with van der Waals surface area (Å²) in [5.74, 6) is 0. The third-order valence-electron chi connectivity index (χ3n) is 4.10. The summed E-state index contributed by atoms with van der Waals surface area (Å²) in [5.41, 5.74) is 3.40. The van der Waals surface area contributed by atoms with Gasteiger partial charge in [0.05, 0.1) is 10.6 Å². The van der Waals surface area contributed by atoms with Crippen molar-refractivity contribution in [1.82, 2.24) is 9.29 Å². The van der Waals surface area contributed by atoms with Gasteiger partial charge in [0.1, 0.15) is 0 Å². The molecule has 0 fully saturated rings. The topological polar surface area (TPSA) is 51.1 Å². The SMILES string of the molecule is CNCc1cn(S(=O)(=O)c2cccc(Cl)c2)c(-c2ccccc2)c1C. The molecule has 1 heterocycles. The average molecular weight is 375 g/mol. The molecule has 0 aliphatic heterocycles. The summed E-state index contributed by atoms with van der Waals surface area (Å²) in [6.45, 7) is 2.53. The van der Waals surface area contributed by atoms with Gasteiger partial charge in [-0.2, -0.15) is 0 Å². The molecule has 0 bridgehead atoms. The molecule has 4 nitrogen and oxygen atoms in total. The van der Waals surface area contributed by atoms with Crippen molar-refractivity contribution in [2.75, 3.05) is 7.05 Å². The van der Waals surface area contributed by atoms with Crippen LogP contribution in [-0.2, 0) is 16.6 Å². The van der Waals surface area contributed by atoms with E-state index < -0.39 is 10.0 Å². The summed E-state index contributed by atoms with van der Waals surface area (Å²) in [4.78, 5) is 0.170. The number of aromatic nitrogens is 1. The number of rotatable bonds is 5. The van der Waals surface area contributed by atoms with E-state index in [9.17, 15) is 8.42 Å². The van der Waals surface area contributed by atoms with E-state index in [0.717, 1.165) is 16.7 Å². The average Bonchev–Trinajstić information content (AvgIpc) is 2.93. The Bertz CT molecular complexity index is 996. The predicted octanol–water partition coefficient (Wildman–Crippen LogP) is 4.07. The fourth-order valence-electron chi connectivity index (χ4n) is 2.86. The highest BCUT2D eigenvalue weighted by Crippen LogP contribution is 2.31. The van der Waals surface area contributed by atoms with Crippen LogP contribution in [0.2, 0.25) is 5.02 Å². The Balaban J connectivity index is 2.27. The quantitative estimate of drug-likeness (QED) is 0.732. The Morgan fingerprint density at radius 2 is 1.80 bits per heavy atom. The number of hydrogen-bond donors (Lipinski definition) is 1. The summed E-state index contributed by atoms with van der Waals surface area (Å²) in [6, 6.07) is 15.9. The summed E-state index contributed by atoms with van der Waals surface area (Å²) in [5, 5.41) is 3.48. The van der Waals surface area contributed by atoms with Crippen LogP contribution in [0.15, 0.2) is 65.7 Å². The van der Waals surface area contributed by atoms with Crippen LogP contribution in [0.3, 0.4) is 0 Å². The van der Waals surface area contributed by atoms with Crippen molar-refractivity contribution >= 4 is 21.6 Å². The zero-order chi connectivity index (χ0) is 18.0. The third kappa shape index (κ3) is 3.35. The van der Waals surface area contributed by atoms with Crippen LogP contribution in [0, 0.1) is 6.92 Å². The minimum atomic E-state index is -3.76. The Morgan fingerprint density at radius 1 is 1.08 bits per heavy atom. The molecule has 25 heavy (non-hydrogen) atoms. The van der Waals surface area contributed by atoms with Gasteiger partial charge in [-0.15, -0.1) is 0 Å². The fraction of sp³-hybridized carbons (Fsp3) is 0.158. The summed E-state index contributed by atoms with van der Waals surface area (Å²) < 4.78 is 27.8. The molecule has 0 atom stereocenters. The maximum atomic E-state index is 13.2. The van der Waals surface area contributed by atoms with Gasteiger partial charge in [-0.1, -0.05) is 48.0 Å². The summed E-state index contributed by atoms with van der Waals surface area (Å²) in [6.07, 6.45) is 1.68. The Kier molecular flexibility index (Phi) is 4.99.